The van der Waals surface area contributed by atoms with Gasteiger partial charge in [-0.1, -0.05) is 0 Å². The first-order chi connectivity index (χ1) is 13.2. The second kappa shape index (κ2) is 7.88. The number of nitrogens with zero attached hydrogens (tertiary/aromatic N) is 5. The maximum Gasteiger partial charge on any atom is 0.243 e. The zero-order chi connectivity index (χ0) is 20.5. The molecule has 1 aliphatic heterocycles. The van der Waals surface area contributed by atoms with Gasteiger partial charge in [-0.3, -0.25) is 0 Å². The smallest absolute Gasteiger partial charge is 0.243 e. The van der Waals surface area contributed by atoms with Gasteiger partial charge >= 0.3 is 0 Å². The Kier molecular flexibility index (Phi) is 5.71. The highest BCUT2D eigenvalue weighted by Gasteiger charge is 2.30. The Balaban J connectivity index is 1.75. The molecule has 1 aromatic heterocycles. The zero-order valence-corrected chi connectivity index (χ0v) is 17.2. The van der Waals surface area contributed by atoms with E-state index in [-0.39, 0.29) is 23.7 Å². The van der Waals surface area contributed by atoms with Gasteiger partial charge in [0.2, 0.25) is 16.0 Å². The Morgan fingerprint density at radius 3 is 2.36 bits per heavy atom. The summed E-state index contributed by atoms with van der Waals surface area (Å²) in [6.07, 6.45) is 0. The van der Waals surface area contributed by atoms with Crippen molar-refractivity contribution in [1.82, 2.24) is 14.3 Å². The van der Waals surface area contributed by atoms with Crippen LogP contribution in [0.15, 0.2) is 29.2 Å². The highest BCUT2D eigenvalue weighted by Crippen LogP contribution is 2.25. The van der Waals surface area contributed by atoms with Crippen LogP contribution in [0.3, 0.4) is 0 Å². The molecule has 0 aliphatic carbocycles. The topological polar surface area (TPSA) is 78.9 Å². The lowest BCUT2D eigenvalue weighted by atomic mass is 10.3. The van der Waals surface area contributed by atoms with E-state index in [0.29, 0.717) is 19.0 Å². The van der Waals surface area contributed by atoms with E-state index in [1.807, 2.05) is 36.9 Å². The van der Waals surface area contributed by atoms with E-state index < -0.39 is 15.8 Å². The van der Waals surface area contributed by atoms with Crippen molar-refractivity contribution in [3.8, 4) is 5.75 Å². The molecule has 152 valence electrons. The lowest BCUT2D eigenvalue weighted by Crippen LogP contribution is -2.49. The van der Waals surface area contributed by atoms with Gasteiger partial charge in [-0.25, -0.2) is 17.8 Å². The highest BCUT2D eigenvalue weighted by atomic mass is 32.2. The minimum Gasteiger partial charge on any atom is -0.494 e. The van der Waals surface area contributed by atoms with E-state index >= 15 is 0 Å². The van der Waals surface area contributed by atoms with Crippen LogP contribution in [0.25, 0.3) is 0 Å². The number of ether oxygens (including phenoxy) is 1. The van der Waals surface area contributed by atoms with Gasteiger partial charge in [-0.15, -0.1) is 0 Å². The molecule has 0 spiro atoms. The van der Waals surface area contributed by atoms with Crippen molar-refractivity contribution in [2.24, 2.45) is 0 Å². The van der Waals surface area contributed by atoms with Crippen molar-refractivity contribution in [3.63, 3.8) is 0 Å². The van der Waals surface area contributed by atoms with Crippen molar-refractivity contribution in [2.75, 3.05) is 57.2 Å². The molecule has 0 bridgehead atoms. The number of piperazine rings is 1. The zero-order valence-electron chi connectivity index (χ0n) is 16.4. The number of methoxy groups -OCH3 is 1. The molecule has 28 heavy (non-hydrogen) atoms. The fraction of sp³-hybridized carbons (Fsp3) is 0.444. The number of aryl methyl sites for hydroxylation is 1. The number of halogens is 1. The van der Waals surface area contributed by atoms with Crippen LogP contribution >= 0.6 is 0 Å². The molecule has 1 saturated heterocycles. The molecule has 2 heterocycles. The van der Waals surface area contributed by atoms with Gasteiger partial charge in [-0.2, -0.15) is 9.29 Å². The van der Waals surface area contributed by atoms with Crippen molar-refractivity contribution >= 4 is 21.8 Å². The number of aromatic nitrogens is 2. The summed E-state index contributed by atoms with van der Waals surface area (Å²) in [4.78, 5) is 12.8. The minimum atomic E-state index is -3.78. The van der Waals surface area contributed by atoms with Crippen LogP contribution in [0.2, 0.25) is 0 Å². The van der Waals surface area contributed by atoms with E-state index in [1.54, 1.807) is 0 Å². The van der Waals surface area contributed by atoms with E-state index in [4.69, 9.17) is 4.74 Å². The van der Waals surface area contributed by atoms with Crippen molar-refractivity contribution in [2.45, 2.75) is 11.8 Å². The molecule has 3 rings (SSSR count). The van der Waals surface area contributed by atoms with Crippen LogP contribution in [0, 0.1) is 12.7 Å². The van der Waals surface area contributed by atoms with Gasteiger partial charge in [0.05, 0.1) is 12.0 Å². The molecule has 0 amide bonds. The Morgan fingerprint density at radius 2 is 1.79 bits per heavy atom. The molecular weight excluding hydrogens is 385 g/mol. The number of sulfonamides is 1. The summed E-state index contributed by atoms with van der Waals surface area (Å²) in [7, 11) is 1.36. The number of hydrogen-bond acceptors (Lipinski definition) is 7. The Bertz CT molecular complexity index is 960. The van der Waals surface area contributed by atoms with Crippen molar-refractivity contribution in [3.05, 3.63) is 35.8 Å². The van der Waals surface area contributed by atoms with E-state index in [0.717, 1.165) is 17.6 Å². The standard InChI is InChI=1S/C18H24FN5O3S/c1-13-11-17(22(2)3)21-18(20-13)23-7-9-24(10-8-23)28(25,26)14-5-6-16(27-4)15(19)12-14/h5-6,11-12H,7-10H2,1-4H3. The monoisotopic (exact) mass is 409 g/mol. The molecule has 10 heteroatoms. The van der Waals surface area contributed by atoms with Crippen molar-refractivity contribution in [1.29, 1.82) is 0 Å². The molecule has 0 unspecified atom stereocenters. The molecule has 0 N–H and O–H groups in total. The SMILES string of the molecule is COc1ccc(S(=O)(=O)N2CCN(c3nc(C)cc(N(C)C)n3)CC2)cc1F. The maximum atomic E-state index is 13.9. The Labute approximate surface area is 164 Å². The number of hydrogen-bond donors (Lipinski definition) is 0. The van der Waals surface area contributed by atoms with Crippen LogP contribution in [-0.4, -0.2) is 70.1 Å². The number of benzene rings is 1. The molecule has 8 nitrogen and oxygen atoms in total. The Hall–Kier alpha value is -2.46. The van der Waals surface area contributed by atoms with Crippen LogP contribution in [0.4, 0.5) is 16.2 Å². The van der Waals surface area contributed by atoms with Gasteiger partial charge in [0.1, 0.15) is 5.82 Å². The molecule has 0 radical (unpaired) electrons. The second-order valence-corrected chi connectivity index (χ2v) is 8.69. The molecular formula is C18H24FN5O3S. The number of rotatable bonds is 5. The molecule has 0 saturated carbocycles. The van der Waals surface area contributed by atoms with Gasteiger partial charge in [0.25, 0.3) is 0 Å². The maximum absolute atomic E-state index is 13.9. The highest BCUT2D eigenvalue weighted by molar-refractivity contribution is 7.89. The normalized spacial score (nSPS) is 15.5. The van der Waals surface area contributed by atoms with Crippen LogP contribution in [0.1, 0.15) is 5.69 Å². The van der Waals surface area contributed by atoms with Crippen LogP contribution in [0.5, 0.6) is 5.75 Å². The molecule has 0 atom stereocenters. The number of anilines is 2. The second-order valence-electron chi connectivity index (χ2n) is 6.75. The molecule has 1 aromatic carbocycles. The summed E-state index contributed by atoms with van der Waals surface area (Å²) < 4.78 is 45.8. The van der Waals surface area contributed by atoms with Gasteiger partial charge < -0.3 is 14.5 Å². The molecule has 1 aliphatic rings. The summed E-state index contributed by atoms with van der Waals surface area (Å²) in [6, 6.07) is 5.56. The summed E-state index contributed by atoms with van der Waals surface area (Å²) in [5.74, 6) is 0.686. The molecule has 1 fully saturated rings. The van der Waals surface area contributed by atoms with E-state index in [1.165, 1.54) is 23.5 Å². The Morgan fingerprint density at radius 1 is 1.11 bits per heavy atom. The lowest BCUT2D eigenvalue weighted by molar-refractivity contribution is 0.378. The fourth-order valence-electron chi connectivity index (χ4n) is 2.99. The third-order valence-corrected chi connectivity index (χ3v) is 6.46. The van der Waals surface area contributed by atoms with E-state index in [9.17, 15) is 12.8 Å². The van der Waals surface area contributed by atoms with Gasteiger partial charge in [0, 0.05) is 52.0 Å². The quantitative estimate of drug-likeness (QED) is 0.741. The summed E-state index contributed by atoms with van der Waals surface area (Å²) in [6.45, 7) is 3.34. The average Bonchev–Trinajstić information content (AvgIpc) is 2.67. The fourth-order valence-corrected chi connectivity index (χ4v) is 4.43. The molecule has 2 aromatic rings. The summed E-state index contributed by atoms with van der Waals surface area (Å²) >= 11 is 0. The van der Waals surface area contributed by atoms with Crippen LogP contribution < -0.4 is 14.5 Å². The van der Waals surface area contributed by atoms with Crippen molar-refractivity contribution < 1.29 is 17.5 Å². The first-order valence-corrected chi connectivity index (χ1v) is 10.3. The third-order valence-electron chi connectivity index (χ3n) is 4.57. The lowest BCUT2D eigenvalue weighted by Gasteiger charge is -2.34. The van der Waals surface area contributed by atoms with Crippen LogP contribution in [-0.2, 0) is 10.0 Å². The first kappa shape index (κ1) is 20.3. The van der Waals surface area contributed by atoms with Gasteiger partial charge in [0.15, 0.2) is 11.6 Å². The largest absolute Gasteiger partial charge is 0.494 e. The predicted molar refractivity (Wildman–Crippen MR) is 105 cm³/mol. The summed E-state index contributed by atoms with van der Waals surface area (Å²) in [5.41, 5.74) is 0.845. The summed E-state index contributed by atoms with van der Waals surface area (Å²) in [5, 5.41) is 0. The first-order valence-electron chi connectivity index (χ1n) is 8.84. The minimum absolute atomic E-state index is 0.0112. The van der Waals surface area contributed by atoms with E-state index in [2.05, 4.69) is 9.97 Å². The average molecular weight is 409 g/mol. The van der Waals surface area contributed by atoms with Gasteiger partial charge in [-0.05, 0) is 25.1 Å². The third kappa shape index (κ3) is 4.02. The predicted octanol–water partition coefficient (Wildman–Crippen LogP) is 1.51.